The number of methoxy groups -OCH3 is 1. The summed E-state index contributed by atoms with van der Waals surface area (Å²) in [5.74, 6) is 1.33. The topological polar surface area (TPSA) is 70.1 Å². The minimum absolute atomic E-state index is 0.0187. The lowest BCUT2D eigenvalue weighted by atomic mass is 9.84. The van der Waals surface area contributed by atoms with Crippen LogP contribution in [0.1, 0.15) is 32.8 Å². The molecule has 0 spiro atoms. The summed E-state index contributed by atoms with van der Waals surface area (Å²) in [6.07, 6.45) is 2.03. The lowest BCUT2D eigenvalue weighted by molar-refractivity contribution is -0.0832. The van der Waals surface area contributed by atoms with E-state index in [1.807, 2.05) is 61.0 Å². The number of ether oxygens (including phenoxy) is 4. The molecule has 0 saturated carbocycles. The van der Waals surface area contributed by atoms with Crippen LogP contribution < -0.4 is 9.47 Å². The molecule has 0 N–H and O–H groups in total. The molecule has 6 rings (SSSR count). The maximum atomic E-state index is 13.3. The number of fused-ring (bicyclic) bond motifs is 1. The number of thiazole rings is 1. The Morgan fingerprint density at radius 3 is 2.49 bits per heavy atom. The number of morpholine rings is 1. The Bertz CT molecular complexity index is 1480. The fourth-order valence-corrected chi connectivity index (χ4v) is 6.56. The van der Waals surface area contributed by atoms with Crippen LogP contribution in [0.25, 0.3) is 0 Å². The fraction of sp³-hybridized carbons (Fsp3) is 0.333. The largest absolute Gasteiger partial charge is 0.493 e. The van der Waals surface area contributed by atoms with Gasteiger partial charge in [0.05, 0.1) is 38.1 Å². The van der Waals surface area contributed by atoms with Crippen LogP contribution in [0.4, 0.5) is 4.79 Å². The van der Waals surface area contributed by atoms with Crippen molar-refractivity contribution < 1.29 is 23.7 Å². The summed E-state index contributed by atoms with van der Waals surface area (Å²) in [6, 6.07) is 24.5. The second-order valence-corrected chi connectivity index (χ2v) is 11.4. The number of benzene rings is 3. The van der Waals surface area contributed by atoms with Gasteiger partial charge < -0.3 is 23.8 Å². The Balaban J connectivity index is 1.26. The molecular weight excluding hydrogens is 536 g/mol. The van der Waals surface area contributed by atoms with E-state index in [0.717, 1.165) is 34.5 Å². The summed E-state index contributed by atoms with van der Waals surface area (Å²) in [4.78, 5) is 20.4. The van der Waals surface area contributed by atoms with E-state index in [-0.39, 0.29) is 12.2 Å². The van der Waals surface area contributed by atoms with Gasteiger partial charge in [-0.3, -0.25) is 0 Å². The summed E-state index contributed by atoms with van der Waals surface area (Å²) in [5.41, 5.74) is 6.42. The molecule has 1 aromatic heterocycles. The van der Waals surface area contributed by atoms with E-state index >= 15 is 0 Å². The summed E-state index contributed by atoms with van der Waals surface area (Å²) >= 11 is 1.58. The average molecular weight is 571 g/mol. The van der Waals surface area contributed by atoms with Gasteiger partial charge in [0, 0.05) is 30.7 Å². The second kappa shape index (κ2) is 11.9. The van der Waals surface area contributed by atoms with Crippen molar-refractivity contribution in [3.05, 3.63) is 111 Å². The molecule has 0 bridgehead atoms. The van der Waals surface area contributed by atoms with E-state index in [9.17, 15) is 4.79 Å². The normalized spacial score (nSPS) is 18.6. The van der Waals surface area contributed by atoms with Gasteiger partial charge in [0.1, 0.15) is 11.7 Å². The van der Waals surface area contributed by atoms with Crippen molar-refractivity contribution in [2.45, 2.75) is 37.9 Å². The van der Waals surface area contributed by atoms with Crippen LogP contribution in [0.3, 0.4) is 0 Å². The Hall–Kier alpha value is -3.88. The van der Waals surface area contributed by atoms with Gasteiger partial charge in [-0.2, -0.15) is 0 Å². The molecule has 1 fully saturated rings. The first-order chi connectivity index (χ1) is 20.1. The second-order valence-electron chi connectivity index (χ2n) is 10.5. The van der Waals surface area contributed by atoms with Crippen LogP contribution in [0, 0.1) is 6.92 Å². The summed E-state index contributed by atoms with van der Waals surface area (Å²) < 4.78 is 24.6. The van der Waals surface area contributed by atoms with Crippen molar-refractivity contribution in [2.24, 2.45) is 0 Å². The van der Waals surface area contributed by atoms with Crippen molar-refractivity contribution in [3.63, 3.8) is 0 Å². The number of hydrogen-bond donors (Lipinski definition) is 0. The van der Waals surface area contributed by atoms with E-state index < -0.39 is 5.60 Å². The van der Waals surface area contributed by atoms with Gasteiger partial charge in [0.15, 0.2) is 11.5 Å². The third-order valence-corrected chi connectivity index (χ3v) is 8.95. The van der Waals surface area contributed by atoms with Gasteiger partial charge in [-0.05, 0) is 41.3 Å². The van der Waals surface area contributed by atoms with Crippen LogP contribution in [0.5, 0.6) is 11.5 Å². The van der Waals surface area contributed by atoms with Crippen LogP contribution >= 0.6 is 11.3 Å². The molecule has 41 heavy (non-hydrogen) atoms. The molecule has 1 atom stereocenters. The summed E-state index contributed by atoms with van der Waals surface area (Å²) in [5, 5.41) is 0. The van der Waals surface area contributed by atoms with Crippen LogP contribution in [0.2, 0.25) is 0 Å². The third kappa shape index (κ3) is 5.67. The van der Waals surface area contributed by atoms with Gasteiger partial charge in [0.25, 0.3) is 0 Å². The highest BCUT2D eigenvalue weighted by Gasteiger charge is 2.43. The lowest BCUT2D eigenvalue weighted by Crippen LogP contribution is -2.52. The van der Waals surface area contributed by atoms with Gasteiger partial charge in [-0.15, -0.1) is 11.3 Å². The van der Waals surface area contributed by atoms with E-state index in [1.54, 1.807) is 23.3 Å². The predicted octanol–water partition coefficient (Wildman–Crippen LogP) is 5.96. The highest BCUT2D eigenvalue weighted by molar-refractivity contribution is 7.09. The quantitative estimate of drug-likeness (QED) is 0.260. The summed E-state index contributed by atoms with van der Waals surface area (Å²) in [7, 11) is 1.65. The standard InChI is InChI=1S/C33H34N2O5S/c1-23-31(41-22-34-23)14-16-38-32(36)35-15-17-39-33(21-35,26-10-4-3-5-11-26)27-12-13-29(37-2)30(20-27)40-28-18-24-8-6-7-9-25(24)19-28/h3-13,20,22,28H,14-19,21H2,1-2H3. The zero-order chi connectivity index (χ0) is 28.2. The molecule has 1 amide bonds. The third-order valence-electron chi connectivity index (χ3n) is 7.96. The molecule has 2 heterocycles. The van der Waals surface area contributed by atoms with Crippen molar-refractivity contribution in [1.82, 2.24) is 9.88 Å². The minimum Gasteiger partial charge on any atom is -0.493 e. The Morgan fingerprint density at radius 1 is 1.02 bits per heavy atom. The molecule has 4 aromatic rings. The van der Waals surface area contributed by atoms with Crippen molar-refractivity contribution >= 4 is 17.4 Å². The summed E-state index contributed by atoms with van der Waals surface area (Å²) in [6.45, 7) is 3.42. The van der Waals surface area contributed by atoms with Crippen molar-refractivity contribution in [3.8, 4) is 11.5 Å². The molecule has 1 aliphatic heterocycles. The molecule has 212 valence electrons. The number of amides is 1. The maximum Gasteiger partial charge on any atom is 0.409 e. The molecule has 3 aromatic carbocycles. The molecule has 1 aliphatic carbocycles. The Kier molecular flexibility index (Phi) is 7.94. The molecule has 8 heteroatoms. The number of rotatable bonds is 8. The van der Waals surface area contributed by atoms with Crippen molar-refractivity contribution in [1.29, 1.82) is 0 Å². The SMILES string of the molecule is COc1ccc(C2(c3ccccc3)CN(C(=O)OCCc3scnc3C)CCO2)cc1OC1Cc2ccccc2C1. The molecule has 0 radical (unpaired) electrons. The van der Waals surface area contributed by atoms with E-state index in [2.05, 4.69) is 29.2 Å². The van der Waals surface area contributed by atoms with E-state index in [0.29, 0.717) is 44.2 Å². The van der Waals surface area contributed by atoms with Gasteiger partial charge >= 0.3 is 6.09 Å². The predicted molar refractivity (Wildman–Crippen MR) is 158 cm³/mol. The lowest BCUT2D eigenvalue weighted by Gasteiger charge is -2.43. The number of carbonyl (C=O) groups is 1. The van der Waals surface area contributed by atoms with Crippen LogP contribution in [-0.2, 0) is 34.3 Å². The monoisotopic (exact) mass is 570 g/mol. The van der Waals surface area contributed by atoms with Crippen molar-refractivity contribution in [2.75, 3.05) is 33.4 Å². The van der Waals surface area contributed by atoms with Gasteiger partial charge in [-0.1, -0.05) is 60.7 Å². The highest BCUT2D eigenvalue weighted by Crippen LogP contribution is 2.41. The number of carbonyl (C=O) groups excluding carboxylic acids is 1. The number of hydrogen-bond acceptors (Lipinski definition) is 7. The molecular formula is C33H34N2O5S. The first kappa shape index (κ1) is 27.3. The van der Waals surface area contributed by atoms with Gasteiger partial charge in [-0.25, -0.2) is 9.78 Å². The average Bonchev–Trinajstić information content (AvgIpc) is 3.62. The highest BCUT2D eigenvalue weighted by atomic mass is 32.1. The fourth-order valence-electron chi connectivity index (χ4n) is 5.79. The van der Waals surface area contributed by atoms with E-state index in [4.69, 9.17) is 18.9 Å². The minimum atomic E-state index is -0.893. The molecule has 1 saturated heterocycles. The zero-order valence-corrected chi connectivity index (χ0v) is 24.2. The number of nitrogens with zero attached hydrogens (tertiary/aromatic N) is 2. The number of aryl methyl sites for hydroxylation is 1. The maximum absolute atomic E-state index is 13.3. The van der Waals surface area contributed by atoms with Gasteiger partial charge in [0.2, 0.25) is 0 Å². The Labute approximate surface area is 244 Å². The van der Waals surface area contributed by atoms with Crippen LogP contribution in [0.15, 0.2) is 78.3 Å². The number of aromatic nitrogens is 1. The molecule has 7 nitrogen and oxygen atoms in total. The first-order valence-corrected chi connectivity index (χ1v) is 14.9. The molecule has 1 unspecified atom stereocenters. The first-order valence-electron chi connectivity index (χ1n) is 14.0. The Morgan fingerprint density at radius 2 is 1.78 bits per heavy atom. The molecule has 2 aliphatic rings. The van der Waals surface area contributed by atoms with Crippen LogP contribution in [-0.4, -0.2) is 55.5 Å². The van der Waals surface area contributed by atoms with E-state index in [1.165, 1.54) is 11.1 Å². The smallest absolute Gasteiger partial charge is 0.409 e. The zero-order valence-electron chi connectivity index (χ0n) is 23.4.